The van der Waals surface area contributed by atoms with Gasteiger partial charge in [0.05, 0.1) is 6.04 Å². The van der Waals surface area contributed by atoms with Crippen LogP contribution in [-0.4, -0.2) is 33.2 Å². The normalized spacial score (nSPS) is 13.1. The largest absolute Gasteiger partial charge is 0.567 e. The summed E-state index contributed by atoms with van der Waals surface area (Å²) in [7, 11) is -4.24. The van der Waals surface area contributed by atoms with Gasteiger partial charge in [0.25, 0.3) is 0 Å². The standard InChI is InChI=1S/C22H44NO5P/c1-3-5-6-7-8-9-10-11-12-13-14-15-16-17-18-19-22(24)23-21(4-2)20-28-29(25,26)27/h11-12,21,25-27H,3-10,13-20H2,1-2H3/p+1/b12-11-/t21-/m1/s1. The molecular formula is C22H45NO5P+. The highest BCUT2D eigenvalue weighted by atomic mass is 31.2. The van der Waals surface area contributed by atoms with Gasteiger partial charge in [0, 0.05) is 6.42 Å². The Morgan fingerprint density at radius 2 is 1.38 bits per heavy atom. The number of unbranched alkanes of at least 4 members (excludes halogenated alkanes) is 11. The maximum Gasteiger partial charge on any atom is 0.567 e. The van der Waals surface area contributed by atoms with E-state index in [1.807, 2.05) is 6.92 Å². The zero-order valence-electron chi connectivity index (χ0n) is 18.7. The Labute approximate surface area is 178 Å². The van der Waals surface area contributed by atoms with Crippen molar-refractivity contribution in [2.45, 2.75) is 116 Å². The summed E-state index contributed by atoms with van der Waals surface area (Å²) in [4.78, 5) is 38.4. The van der Waals surface area contributed by atoms with E-state index in [1.54, 1.807) is 0 Å². The molecule has 172 valence electrons. The van der Waals surface area contributed by atoms with E-state index in [0.717, 1.165) is 25.7 Å². The van der Waals surface area contributed by atoms with Crippen molar-refractivity contribution >= 4 is 14.1 Å². The molecule has 0 aromatic carbocycles. The van der Waals surface area contributed by atoms with Crippen LogP contribution in [-0.2, 0) is 9.32 Å². The molecule has 0 aliphatic carbocycles. The fourth-order valence-corrected chi connectivity index (χ4v) is 3.49. The quantitative estimate of drug-likeness (QED) is 0.114. The van der Waals surface area contributed by atoms with Crippen LogP contribution in [0.3, 0.4) is 0 Å². The van der Waals surface area contributed by atoms with Gasteiger partial charge in [-0.2, -0.15) is 19.2 Å². The maximum absolute atomic E-state index is 11.9. The Balaban J connectivity index is 3.48. The van der Waals surface area contributed by atoms with E-state index < -0.39 is 8.17 Å². The number of hydrogen-bond acceptors (Lipinski definition) is 5. The molecule has 29 heavy (non-hydrogen) atoms. The van der Waals surface area contributed by atoms with Gasteiger partial charge in [-0.1, -0.05) is 77.4 Å². The van der Waals surface area contributed by atoms with Crippen LogP contribution in [0, 0.1) is 0 Å². The lowest BCUT2D eigenvalue weighted by Crippen LogP contribution is -2.37. The van der Waals surface area contributed by atoms with E-state index in [1.165, 1.54) is 57.8 Å². The van der Waals surface area contributed by atoms with Crippen LogP contribution >= 0.6 is 8.17 Å². The summed E-state index contributed by atoms with van der Waals surface area (Å²) >= 11 is 0. The third-order valence-corrected chi connectivity index (χ3v) is 5.47. The second-order valence-electron chi connectivity index (χ2n) is 7.82. The molecule has 0 saturated heterocycles. The molecule has 0 saturated carbocycles. The monoisotopic (exact) mass is 434 g/mol. The van der Waals surface area contributed by atoms with Gasteiger partial charge in [0.1, 0.15) is 6.61 Å². The van der Waals surface area contributed by atoms with Crippen LogP contribution in [0.15, 0.2) is 12.2 Å². The summed E-state index contributed by atoms with van der Waals surface area (Å²) < 4.78 is 4.57. The van der Waals surface area contributed by atoms with Gasteiger partial charge in [-0.25, -0.2) is 0 Å². The van der Waals surface area contributed by atoms with Gasteiger partial charge < -0.3 is 5.32 Å². The summed E-state index contributed by atoms with van der Waals surface area (Å²) in [6.07, 6.45) is 21.6. The van der Waals surface area contributed by atoms with Crippen molar-refractivity contribution < 1.29 is 24.0 Å². The number of carbonyl (C=O) groups is 1. The zero-order chi connectivity index (χ0) is 21.8. The Kier molecular flexibility index (Phi) is 19.1. The molecule has 0 aromatic heterocycles. The highest BCUT2D eigenvalue weighted by molar-refractivity contribution is 7.53. The number of nitrogens with one attached hydrogen (secondary N) is 1. The summed E-state index contributed by atoms with van der Waals surface area (Å²) in [5.74, 6) is -0.0594. The van der Waals surface area contributed by atoms with Crippen LogP contribution < -0.4 is 5.32 Å². The molecule has 0 radical (unpaired) electrons. The van der Waals surface area contributed by atoms with Crippen molar-refractivity contribution in [3.8, 4) is 0 Å². The third kappa shape index (κ3) is 22.0. The summed E-state index contributed by atoms with van der Waals surface area (Å²) in [5, 5.41) is 2.80. The molecule has 0 aliphatic heterocycles. The Morgan fingerprint density at radius 1 is 0.862 bits per heavy atom. The minimum Gasteiger partial charge on any atom is -0.351 e. The number of allylic oxidation sites excluding steroid dienone is 2. The fourth-order valence-electron chi connectivity index (χ4n) is 3.11. The lowest BCUT2D eigenvalue weighted by Gasteiger charge is -2.15. The van der Waals surface area contributed by atoms with E-state index in [2.05, 4.69) is 28.9 Å². The first kappa shape index (κ1) is 28.5. The van der Waals surface area contributed by atoms with E-state index in [4.69, 9.17) is 14.7 Å². The molecule has 0 unspecified atom stereocenters. The molecule has 0 fully saturated rings. The number of rotatable bonds is 20. The van der Waals surface area contributed by atoms with Crippen molar-refractivity contribution in [1.82, 2.24) is 5.32 Å². The summed E-state index contributed by atoms with van der Waals surface area (Å²) in [5.41, 5.74) is 0. The second kappa shape index (κ2) is 19.4. The number of carbonyl (C=O) groups excluding carboxylic acids is 1. The smallest absolute Gasteiger partial charge is 0.351 e. The first-order valence-corrected chi connectivity index (χ1v) is 13.1. The van der Waals surface area contributed by atoms with Crippen molar-refractivity contribution in [2.75, 3.05) is 6.61 Å². The van der Waals surface area contributed by atoms with Gasteiger partial charge >= 0.3 is 8.17 Å². The van der Waals surface area contributed by atoms with Crippen molar-refractivity contribution in [1.29, 1.82) is 0 Å². The third-order valence-electron chi connectivity index (χ3n) is 4.97. The van der Waals surface area contributed by atoms with Crippen LogP contribution in [0.25, 0.3) is 0 Å². The zero-order valence-corrected chi connectivity index (χ0v) is 19.5. The minimum atomic E-state index is -4.24. The van der Waals surface area contributed by atoms with E-state index in [-0.39, 0.29) is 18.6 Å². The Morgan fingerprint density at radius 3 is 1.90 bits per heavy atom. The fraction of sp³-hybridized carbons (Fsp3) is 0.864. The molecule has 0 aliphatic rings. The lowest BCUT2D eigenvalue weighted by molar-refractivity contribution is -0.122. The van der Waals surface area contributed by atoms with E-state index in [9.17, 15) is 4.79 Å². The maximum atomic E-state index is 11.9. The van der Waals surface area contributed by atoms with Crippen LogP contribution in [0.4, 0.5) is 0 Å². The van der Waals surface area contributed by atoms with E-state index >= 15 is 0 Å². The first-order chi connectivity index (χ1) is 13.9. The summed E-state index contributed by atoms with van der Waals surface area (Å²) in [6, 6.07) is -0.323. The van der Waals surface area contributed by atoms with Gasteiger partial charge in [-0.15, -0.1) is 0 Å². The Bertz CT molecular complexity index is 412. The molecule has 0 rings (SSSR count). The summed E-state index contributed by atoms with van der Waals surface area (Å²) in [6.45, 7) is 4.01. The van der Waals surface area contributed by atoms with Gasteiger partial charge in [-0.05, 0) is 38.5 Å². The average molecular weight is 435 g/mol. The average Bonchev–Trinajstić information content (AvgIpc) is 2.67. The highest BCUT2D eigenvalue weighted by Crippen LogP contribution is 2.45. The molecule has 7 heteroatoms. The van der Waals surface area contributed by atoms with Crippen LogP contribution in [0.5, 0.6) is 0 Å². The van der Waals surface area contributed by atoms with Gasteiger partial charge in [-0.3, -0.25) is 4.79 Å². The number of hydrogen-bond donors (Lipinski definition) is 4. The van der Waals surface area contributed by atoms with Crippen molar-refractivity contribution in [2.24, 2.45) is 0 Å². The minimum absolute atomic E-state index is 0.0594. The predicted octanol–water partition coefficient (Wildman–Crippen LogP) is 5.59. The predicted molar refractivity (Wildman–Crippen MR) is 121 cm³/mol. The molecule has 6 nitrogen and oxygen atoms in total. The van der Waals surface area contributed by atoms with Crippen LogP contribution in [0.2, 0.25) is 0 Å². The molecule has 4 N–H and O–H groups in total. The van der Waals surface area contributed by atoms with E-state index in [0.29, 0.717) is 12.8 Å². The molecule has 1 amide bonds. The number of amides is 1. The van der Waals surface area contributed by atoms with Crippen LogP contribution in [0.1, 0.15) is 110 Å². The molecule has 1 atom stereocenters. The lowest BCUT2D eigenvalue weighted by atomic mass is 10.1. The molecular weight excluding hydrogens is 389 g/mol. The van der Waals surface area contributed by atoms with Gasteiger partial charge in [0.15, 0.2) is 0 Å². The molecule has 0 spiro atoms. The molecule has 0 bridgehead atoms. The van der Waals surface area contributed by atoms with Gasteiger partial charge in [0.2, 0.25) is 5.91 Å². The first-order valence-electron chi connectivity index (χ1n) is 11.5. The Hall–Kier alpha value is -0.520. The van der Waals surface area contributed by atoms with Crippen molar-refractivity contribution in [3.63, 3.8) is 0 Å². The SMILES string of the molecule is CCCCCCCC/C=C\CCCCCCCC(=O)N[C@H](CC)CO[P+](O)(O)O. The molecule has 0 aromatic rings. The second-order valence-corrected chi connectivity index (χ2v) is 9.10. The molecule has 0 heterocycles. The highest BCUT2D eigenvalue weighted by Gasteiger charge is 2.34. The van der Waals surface area contributed by atoms with Crippen molar-refractivity contribution in [3.05, 3.63) is 12.2 Å². The topological polar surface area (TPSA) is 99.0 Å².